The number of aromatic nitrogens is 2. The Morgan fingerprint density at radius 2 is 1.92 bits per heavy atom. The zero-order chi connectivity index (χ0) is 8.91. The van der Waals surface area contributed by atoms with Gasteiger partial charge in [0, 0.05) is 19.4 Å². The van der Waals surface area contributed by atoms with Crippen LogP contribution in [0.5, 0.6) is 0 Å². The van der Waals surface area contributed by atoms with Crippen molar-refractivity contribution < 1.29 is 17.7 Å². The van der Waals surface area contributed by atoms with Crippen LogP contribution >= 0.6 is 0 Å². The van der Waals surface area contributed by atoms with E-state index < -0.39 is 10.1 Å². The van der Waals surface area contributed by atoms with Crippen molar-refractivity contribution in [2.75, 3.05) is 6.26 Å². The van der Waals surface area contributed by atoms with Gasteiger partial charge in [0.1, 0.15) is 0 Å². The Labute approximate surface area is 70.2 Å². The van der Waals surface area contributed by atoms with Crippen LogP contribution in [-0.2, 0) is 17.2 Å². The average molecular weight is 198 g/mol. The fourth-order valence-corrected chi connectivity index (χ4v) is 0.326. The van der Waals surface area contributed by atoms with E-state index in [0.717, 1.165) is 0 Å². The molecule has 1 N–H and O–H groups in total. The highest BCUT2D eigenvalue weighted by Crippen LogP contribution is 1.73. The summed E-state index contributed by atoms with van der Waals surface area (Å²) in [4.78, 5) is 3.78. The summed E-state index contributed by atoms with van der Waals surface area (Å²) in [5, 5.41) is 0. The quantitative estimate of drug-likeness (QED) is 0.599. The zero-order valence-corrected chi connectivity index (χ0v) is 7.52. The predicted molar refractivity (Wildman–Crippen MR) is 43.2 cm³/mol. The molecule has 0 saturated heterocycles. The van der Waals surface area contributed by atoms with E-state index in [1.807, 2.05) is 17.8 Å². The van der Waals surface area contributed by atoms with Crippen LogP contribution in [0.2, 0.25) is 0 Å². The third kappa shape index (κ3) is 16.0. The molecule has 7 heteroatoms. The number of halogens is 1. The van der Waals surface area contributed by atoms with E-state index in [1.165, 1.54) is 0 Å². The van der Waals surface area contributed by atoms with Gasteiger partial charge in [-0.25, -0.2) is 4.98 Å². The molecule has 0 aromatic carbocycles. The van der Waals surface area contributed by atoms with E-state index in [9.17, 15) is 8.42 Å². The van der Waals surface area contributed by atoms with Crippen LogP contribution in [0.1, 0.15) is 0 Å². The van der Waals surface area contributed by atoms with Crippen LogP contribution in [-0.4, -0.2) is 28.8 Å². The lowest BCUT2D eigenvalue weighted by molar-refractivity contribution is 0.490. The monoisotopic (exact) mass is 198 g/mol. The molecule has 0 aliphatic heterocycles. The van der Waals surface area contributed by atoms with Gasteiger partial charge < -0.3 is 4.57 Å². The molecule has 0 radical (unpaired) electrons. The summed E-state index contributed by atoms with van der Waals surface area (Å²) in [7, 11) is -1.73. The molecule has 0 unspecified atom stereocenters. The molecule has 0 aliphatic carbocycles. The summed E-state index contributed by atoms with van der Waals surface area (Å²) in [6.45, 7) is 0. The van der Waals surface area contributed by atoms with Crippen LogP contribution < -0.4 is 0 Å². The van der Waals surface area contributed by atoms with Crippen LogP contribution in [0.3, 0.4) is 0 Å². The van der Waals surface area contributed by atoms with E-state index >= 15 is 0 Å². The molecule has 0 fully saturated rings. The van der Waals surface area contributed by atoms with Gasteiger partial charge in [0.15, 0.2) is 0 Å². The highest BCUT2D eigenvalue weighted by atomic mass is 32.2. The lowest BCUT2D eigenvalue weighted by Gasteiger charge is -1.76. The Morgan fingerprint density at radius 1 is 1.50 bits per heavy atom. The van der Waals surface area contributed by atoms with Gasteiger partial charge in [0.2, 0.25) is 0 Å². The third-order valence-electron chi connectivity index (χ3n) is 0.637. The number of imidazole rings is 1. The van der Waals surface area contributed by atoms with Gasteiger partial charge in [0.25, 0.3) is 10.1 Å². The molecule has 1 aromatic rings. The second-order valence-corrected chi connectivity index (χ2v) is 3.43. The van der Waals surface area contributed by atoms with E-state index in [0.29, 0.717) is 6.26 Å². The predicted octanol–water partition coefficient (Wildman–Crippen LogP) is 0.0766. The van der Waals surface area contributed by atoms with Gasteiger partial charge in [-0.2, -0.15) is 8.42 Å². The van der Waals surface area contributed by atoms with Crippen molar-refractivity contribution in [1.82, 2.24) is 9.55 Å². The molecule has 12 heavy (non-hydrogen) atoms. The molecular weight excluding hydrogens is 187 g/mol. The van der Waals surface area contributed by atoms with Gasteiger partial charge in [-0.05, 0) is 0 Å². The second-order valence-electron chi connectivity index (χ2n) is 1.96. The standard InChI is InChI=1S/C4H6N2.CH4O3S.FH/c1-6-3-2-5-4-6;1-5(2,3)4;/h2-4H,1H3;1H3,(H,2,3,4);1H. The smallest absolute Gasteiger partial charge is 0.261 e. The van der Waals surface area contributed by atoms with Gasteiger partial charge in [-0.1, -0.05) is 0 Å². The zero-order valence-electron chi connectivity index (χ0n) is 6.71. The van der Waals surface area contributed by atoms with Crippen molar-refractivity contribution in [3.8, 4) is 0 Å². The minimum atomic E-state index is -3.67. The molecule has 1 heterocycles. The fourth-order valence-electron chi connectivity index (χ4n) is 0.326. The maximum atomic E-state index is 9.19. The van der Waals surface area contributed by atoms with E-state index in [2.05, 4.69) is 4.98 Å². The first-order chi connectivity index (χ1) is 4.89. The lowest BCUT2D eigenvalue weighted by Crippen LogP contribution is -1.88. The molecule has 0 spiro atoms. The van der Waals surface area contributed by atoms with Crippen molar-refractivity contribution in [3.05, 3.63) is 18.7 Å². The Morgan fingerprint density at radius 3 is 2.00 bits per heavy atom. The van der Waals surface area contributed by atoms with E-state index in [1.54, 1.807) is 12.5 Å². The maximum absolute atomic E-state index is 9.19. The number of nitrogens with zero attached hydrogens (tertiary/aromatic N) is 2. The molecule has 0 amide bonds. The molecule has 1 rings (SSSR count). The van der Waals surface area contributed by atoms with Gasteiger partial charge in [-0.15, -0.1) is 0 Å². The minimum Gasteiger partial charge on any atom is -0.341 e. The SMILES string of the molecule is CS(=O)(=O)O.Cn1ccnc1.F. The number of hydrogen-bond acceptors (Lipinski definition) is 3. The molecular formula is C5H11FN2O3S. The van der Waals surface area contributed by atoms with Crippen LogP contribution in [0, 0.1) is 0 Å². The summed E-state index contributed by atoms with van der Waals surface area (Å²) in [5.74, 6) is 0. The van der Waals surface area contributed by atoms with E-state index in [-0.39, 0.29) is 4.70 Å². The van der Waals surface area contributed by atoms with Crippen molar-refractivity contribution in [2.24, 2.45) is 7.05 Å². The highest BCUT2D eigenvalue weighted by Gasteiger charge is 1.81. The molecule has 0 bridgehead atoms. The van der Waals surface area contributed by atoms with Crippen molar-refractivity contribution >= 4 is 10.1 Å². The molecule has 0 saturated carbocycles. The summed E-state index contributed by atoms with van der Waals surface area (Å²) >= 11 is 0. The van der Waals surface area contributed by atoms with Crippen LogP contribution in [0.25, 0.3) is 0 Å². The Balaban J connectivity index is 0. The molecule has 5 nitrogen and oxygen atoms in total. The van der Waals surface area contributed by atoms with Crippen molar-refractivity contribution in [3.63, 3.8) is 0 Å². The molecule has 72 valence electrons. The van der Waals surface area contributed by atoms with Crippen molar-refractivity contribution in [1.29, 1.82) is 0 Å². The van der Waals surface area contributed by atoms with Crippen LogP contribution in [0.4, 0.5) is 4.70 Å². The number of rotatable bonds is 0. The normalized spacial score (nSPS) is 9.25. The summed E-state index contributed by atoms with van der Waals surface area (Å²) in [5.41, 5.74) is 0. The van der Waals surface area contributed by atoms with Crippen molar-refractivity contribution in [2.45, 2.75) is 0 Å². The highest BCUT2D eigenvalue weighted by molar-refractivity contribution is 7.85. The third-order valence-corrected chi connectivity index (χ3v) is 0.637. The number of aryl methyl sites for hydroxylation is 1. The van der Waals surface area contributed by atoms with Gasteiger partial charge in [0.05, 0.1) is 12.6 Å². The molecule has 1 aromatic heterocycles. The Bertz CT molecular complexity index is 274. The van der Waals surface area contributed by atoms with E-state index in [4.69, 9.17) is 4.55 Å². The average Bonchev–Trinajstić information content (AvgIpc) is 2.12. The molecule has 0 atom stereocenters. The second kappa shape index (κ2) is 5.67. The summed E-state index contributed by atoms with van der Waals surface area (Å²) in [6.07, 6.45) is 6.10. The first-order valence-electron chi connectivity index (χ1n) is 2.74. The largest absolute Gasteiger partial charge is 0.341 e. The fraction of sp³-hybridized carbons (Fsp3) is 0.400. The van der Waals surface area contributed by atoms with Crippen LogP contribution in [0.15, 0.2) is 18.7 Å². The number of hydrogen-bond donors (Lipinski definition) is 1. The maximum Gasteiger partial charge on any atom is 0.261 e. The first kappa shape index (κ1) is 13.6. The lowest BCUT2D eigenvalue weighted by atomic mass is 10.9. The van der Waals surface area contributed by atoms with Gasteiger partial charge in [-0.3, -0.25) is 9.26 Å². The van der Waals surface area contributed by atoms with Gasteiger partial charge >= 0.3 is 0 Å². The topological polar surface area (TPSA) is 72.2 Å². The Hall–Kier alpha value is -0.950. The Kier molecular flexibility index (Phi) is 6.44. The summed E-state index contributed by atoms with van der Waals surface area (Å²) in [6, 6.07) is 0. The molecule has 0 aliphatic rings. The summed E-state index contributed by atoms with van der Waals surface area (Å²) < 4.78 is 27.8. The first-order valence-corrected chi connectivity index (χ1v) is 4.59. The minimum absolute atomic E-state index is 0.